The van der Waals surface area contributed by atoms with Crippen LogP contribution in [0.15, 0.2) is 15.1 Å². The van der Waals surface area contributed by atoms with E-state index in [1.165, 1.54) is 0 Å². The average molecular weight is 290 g/mol. The molecule has 0 N–H and O–H groups in total. The molecule has 112 valence electrons. The summed E-state index contributed by atoms with van der Waals surface area (Å²) in [6.45, 7) is 5.06. The quantitative estimate of drug-likeness (QED) is 0.858. The number of aryl methyl sites for hydroxylation is 2. The molecule has 0 aliphatic carbocycles. The SMILES string of the molecule is CCc1nc([C@H]2CCCN(C(=O)c3cc(C)on3)C2)no1. The molecule has 21 heavy (non-hydrogen) atoms. The Kier molecular flexibility index (Phi) is 3.72. The van der Waals surface area contributed by atoms with Gasteiger partial charge < -0.3 is 13.9 Å². The zero-order valence-electron chi connectivity index (χ0n) is 12.2. The summed E-state index contributed by atoms with van der Waals surface area (Å²) in [6.07, 6.45) is 2.61. The molecule has 7 nitrogen and oxygen atoms in total. The van der Waals surface area contributed by atoms with Gasteiger partial charge >= 0.3 is 0 Å². The lowest BCUT2D eigenvalue weighted by Gasteiger charge is -2.30. The van der Waals surface area contributed by atoms with Crippen molar-refractivity contribution in [2.45, 2.75) is 39.0 Å². The highest BCUT2D eigenvalue weighted by molar-refractivity contribution is 5.92. The lowest BCUT2D eigenvalue weighted by atomic mass is 9.97. The van der Waals surface area contributed by atoms with Crippen LogP contribution in [-0.4, -0.2) is 39.2 Å². The number of rotatable bonds is 3. The number of hydrogen-bond donors (Lipinski definition) is 0. The highest BCUT2D eigenvalue weighted by atomic mass is 16.5. The molecule has 1 saturated heterocycles. The maximum absolute atomic E-state index is 12.4. The van der Waals surface area contributed by atoms with Crippen molar-refractivity contribution in [1.29, 1.82) is 0 Å². The Labute approximate surface area is 122 Å². The summed E-state index contributed by atoms with van der Waals surface area (Å²) in [5, 5.41) is 7.81. The molecule has 0 radical (unpaired) electrons. The Hall–Kier alpha value is -2.18. The van der Waals surface area contributed by atoms with Crippen molar-refractivity contribution < 1.29 is 13.8 Å². The van der Waals surface area contributed by atoms with E-state index >= 15 is 0 Å². The molecule has 2 aromatic rings. The first kappa shape index (κ1) is 13.8. The smallest absolute Gasteiger partial charge is 0.276 e. The van der Waals surface area contributed by atoms with Crippen molar-refractivity contribution in [2.24, 2.45) is 0 Å². The number of carbonyl (C=O) groups excluding carboxylic acids is 1. The fourth-order valence-electron chi connectivity index (χ4n) is 2.58. The first-order chi connectivity index (χ1) is 10.2. The van der Waals surface area contributed by atoms with Gasteiger partial charge in [-0.05, 0) is 19.8 Å². The molecule has 0 aromatic carbocycles. The molecule has 0 spiro atoms. The number of likely N-dealkylation sites (tertiary alicyclic amines) is 1. The maximum Gasteiger partial charge on any atom is 0.276 e. The van der Waals surface area contributed by atoms with Crippen molar-refractivity contribution >= 4 is 5.91 Å². The number of nitrogens with zero attached hydrogens (tertiary/aromatic N) is 4. The maximum atomic E-state index is 12.4. The lowest BCUT2D eigenvalue weighted by molar-refractivity contribution is 0.0693. The first-order valence-corrected chi connectivity index (χ1v) is 7.22. The van der Waals surface area contributed by atoms with Crippen molar-refractivity contribution in [3.63, 3.8) is 0 Å². The van der Waals surface area contributed by atoms with E-state index < -0.39 is 0 Å². The van der Waals surface area contributed by atoms with Crippen LogP contribution >= 0.6 is 0 Å². The van der Waals surface area contributed by atoms with Crippen LogP contribution < -0.4 is 0 Å². The number of carbonyl (C=O) groups is 1. The van der Waals surface area contributed by atoms with E-state index in [-0.39, 0.29) is 11.8 Å². The molecule has 1 atom stereocenters. The predicted octanol–water partition coefficient (Wildman–Crippen LogP) is 1.95. The second-order valence-corrected chi connectivity index (χ2v) is 5.31. The van der Waals surface area contributed by atoms with E-state index in [9.17, 15) is 4.79 Å². The van der Waals surface area contributed by atoms with Crippen molar-refractivity contribution in [3.05, 3.63) is 29.2 Å². The number of aromatic nitrogens is 3. The Morgan fingerprint density at radius 1 is 1.43 bits per heavy atom. The van der Waals surface area contributed by atoms with Crippen LogP contribution in [0.2, 0.25) is 0 Å². The Morgan fingerprint density at radius 3 is 2.95 bits per heavy atom. The molecule has 0 unspecified atom stereocenters. The topological polar surface area (TPSA) is 85.3 Å². The molecule has 1 amide bonds. The van der Waals surface area contributed by atoms with Crippen molar-refractivity contribution in [3.8, 4) is 0 Å². The standard InChI is InChI=1S/C14H18N4O3/c1-3-12-15-13(17-21-12)10-5-4-6-18(8-10)14(19)11-7-9(2)20-16-11/h7,10H,3-6,8H2,1-2H3/t10-/m0/s1. The fourth-order valence-corrected chi connectivity index (χ4v) is 2.58. The summed E-state index contributed by atoms with van der Waals surface area (Å²) < 4.78 is 10.1. The van der Waals surface area contributed by atoms with Gasteiger partial charge in [0.15, 0.2) is 11.5 Å². The van der Waals surface area contributed by atoms with Crippen LogP contribution in [0.25, 0.3) is 0 Å². The van der Waals surface area contributed by atoms with Gasteiger partial charge in [0.25, 0.3) is 5.91 Å². The minimum atomic E-state index is -0.101. The van der Waals surface area contributed by atoms with Gasteiger partial charge in [-0.25, -0.2) is 0 Å². The van der Waals surface area contributed by atoms with Crippen molar-refractivity contribution in [2.75, 3.05) is 13.1 Å². The largest absolute Gasteiger partial charge is 0.361 e. The molecular formula is C14H18N4O3. The second-order valence-electron chi connectivity index (χ2n) is 5.31. The van der Waals surface area contributed by atoms with Gasteiger partial charge in [0.05, 0.1) is 0 Å². The number of hydrogen-bond acceptors (Lipinski definition) is 6. The molecule has 1 aliphatic rings. The summed E-state index contributed by atoms with van der Waals surface area (Å²) in [7, 11) is 0. The summed E-state index contributed by atoms with van der Waals surface area (Å²) in [4.78, 5) is 18.5. The van der Waals surface area contributed by atoms with Crippen LogP contribution in [0.5, 0.6) is 0 Å². The van der Waals surface area contributed by atoms with Gasteiger partial charge in [-0.2, -0.15) is 4.98 Å². The van der Waals surface area contributed by atoms with Crippen LogP contribution in [0.4, 0.5) is 0 Å². The lowest BCUT2D eigenvalue weighted by Crippen LogP contribution is -2.39. The Morgan fingerprint density at radius 2 is 2.29 bits per heavy atom. The molecule has 3 rings (SSSR count). The summed E-state index contributed by atoms with van der Waals surface area (Å²) in [5.41, 5.74) is 0.357. The van der Waals surface area contributed by atoms with E-state index in [0.717, 1.165) is 25.8 Å². The third kappa shape index (κ3) is 2.81. The summed E-state index contributed by atoms with van der Waals surface area (Å²) in [6, 6.07) is 1.66. The summed E-state index contributed by atoms with van der Waals surface area (Å²) in [5.74, 6) is 1.99. The van der Waals surface area contributed by atoms with Gasteiger partial charge in [-0.1, -0.05) is 17.2 Å². The second kappa shape index (κ2) is 5.67. The molecule has 7 heteroatoms. The molecule has 3 heterocycles. The van der Waals surface area contributed by atoms with E-state index in [1.807, 2.05) is 6.92 Å². The minimum Gasteiger partial charge on any atom is -0.361 e. The average Bonchev–Trinajstić information content (AvgIpc) is 3.15. The third-order valence-electron chi connectivity index (χ3n) is 3.71. The molecule has 0 bridgehead atoms. The van der Waals surface area contributed by atoms with E-state index in [2.05, 4.69) is 15.3 Å². The molecular weight excluding hydrogens is 272 g/mol. The zero-order valence-corrected chi connectivity index (χ0v) is 12.2. The number of amides is 1. The van der Waals surface area contributed by atoms with Gasteiger partial charge in [0, 0.05) is 31.5 Å². The first-order valence-electron chi connectivity index (χ1n) is 7.22. The Balaban J connectivity index is 1.72. The molecule has 0 saturated carbocycles. The van der Waals surface area contributed by atoms with Crippen LogP contribution in [0.3, 0.4) is 0 Å². The minimum absolute atomic E-state index is 0.101. The van der Waals surface area contributed by atoms with Crippen LogP contribution in [0.1, 0.15) is 53.6 Å². The Bertz CT molecular complexity index is 634. The van der Waals surface area contributed by atoms with E-state index in [4.69, 9.17) is 9.05 Å². The van der Waals surface area contributed by atoms with Crippen LogP contribution in [0, 0.1) is 6.92 Å². The van der Waals surface area contributed by atoms with Gasteiger partial charge in [0.1, 0.15) is 5.76 Å². The van der Waals surface area contributed by atoms with E-state index in [0.29, 0.717) is 29.7 Å². The van der Waals surface area contributed by atoms with E-state index in [1.54, 1.807) is 17.9 Å². The number of piperidine rings is 1. The molecule has 2 aromatic heterocycles. The monoisotopic (exact) mass is 290 g/mol. The van der Waals surface area contributed by atoms with Gasteiger partial charge in [0.2, 0.25) is 5.89 Å². The fraction of sp³-hybridized carbons (Fsp3) is 0.571. The van der Waals surface area contributed by atoms with Crippen LogP contribution in [-0.2, 0) is 6.42 Å². The zero-order chi connectivity index (χ0) is 14.8. The van der Waals surface area contributed by atoms with Gasteiger partial charge in [-0.3, -0.25) is 4.79 Å². The normalized spacial score (nSPS) is 19.0. The molecule has 1 aliphatic heterocycles. The van der Waals surface area contributed by atoms with Gasteiger partial charge in [-0.15, -0.1) is 0 Å². The third-order valence-corrected chi connectivity index (χ3v) is 3.71. The molecule has 1 fully saturated rings. The highest BCUT2D eigenvalue weighted by Gasteiger charge is 2.29. The predicted molar refractivity (Wildman–Crippen MR) is 72.8 cm³/mol. The highest BCUT2D eigenvalue weighted by Crippen LogP contribution is 2.26. The summed E-state index contributed by atoms with van der Waals surface area (Å²) >= 11 is 0. The van der Waals surface area contributed by atoms with Crippen molar-refractivity contribution in [1.82, 2.24) is 20.2 Å².